The van der Waals surface area contributed by atoms with Crippen LogP contribution >= 0.6 is 15.9 Å². The van der Waals surface area contributed by atoms with Gasteiger partial charge in [0.15, 0.2) is 5.82 Å². The Kier molecular flexibility index (Phi) is 3.88. The highest BCUT2D eigenvalue weighted by atomic mass is 79.9. The first-order valence-corrected chi connectivity index (χ1v) is 6.22. The molecule has 0 saturated carbocycles. The summed E-state index contributed by atoms with van der Waals surface area (Å²) in [7, 11) is 0. The van der Waals surface area contributed by atoms with Crippen LogP contribution in [0.5, 0.6) is 0 Å². The molecule has 6 heteroatoms. The Morgan fingerprint density at radius 2 is 2.06 bits per heavy atom. The standard InChI is InChI=1S/C12H12BrFN4/c1-2-10-6-11(18-15)17-12(16-10)7-3-8(13)5-9(14)4-7/h3-6H,2,15H2,1H3,(H,16,17,18). The van der Waals surface area contributed by atoms with Gasteiger partial charge in [-0.1, -0.05) is 22.9 Å². The molecular formula is C12H12BrFN4. The summed E-state index contributed by atoms with van der Waals surface area (Å²) in [4.78, 5) is 8.58. The van der Waals surface area contributed by atoms with Crippen LogP contribution in [0.15, 0.2) is 28.7 Å². The Balaban J connectivity index is 2.55. The number of halogens is 2. The molecule has 0 saturated heterocycles. The van der Waals surface area contributed by atoms with Crippen molar-refractivity contribution < 1.29 is 4.39 Å². The van der Waals surface area contributed by atoms with Crippen molar-refractivity contribution in [1.82, 2.24) is 9.97 Å². The molecule has 1 aromatic carbocycles. The molecule has 0 amide bonds. The van der Waals surface area contributed by atoms with E-state index in [1.165, 1.54) is 12.1 Å². The van der Waals surface area contributed by atoms with Gasteiger partial charge in [-0.05, 0) is 24.6 Å². The zero-order chi connectivity index (χ0) is 13.1. The Morgan fingerprint density at radius 3 is 2.67 bits per heavy atom. The van der Waals surface area contributed by atoms with Crippen LogP contribution in [0.4, 0.5) is 10.2 Å². The molecule has 0 atom stereocenters. The number of nitrogens with two attached hydrogens (primary N) is 1. The Bertz CT molecular complexity index is 531. The summed E-state index contributed by atoms with van der Waals surface area (Å²) in [6.45, 7) is 1.98. The number of nitrogen functional groups attached to an aromatic ring is 1. The number of hydrogen-bond donors (Lipinski definition) is 2. The second kappa shape index (κ2) is 5.41. The fourth-order valence-electron chi connectivity index (χ4n) is 1.56. The van der Waals surface area contributed by atoms with E-state index in [1.807, 2.05) is 6.92 Å². The van der Waals surface area contributed by atoms with E-state index in [1.54, 1.807) is 12.1 Å². The van der Waals surface area contributed by atoms with Crippen molar-refractivity contribution in [3.05, 3.63) is 40.2 Å². The van der Waals surface area contributed by atoms with E-state index >= 15 is 0 Å². The molecule has 0 aliphatic heterocycles. The van der Waals surface area contributed by atoms with Crippen molar-refractivity contribution in [2.24, 2.45) is 5.84 Å². The lowest BCUT2D eigenvalue weighted by atomic mass is 10.2. The van der Waals surface area contributed by atoms with Crippen LogP contribution in [0, 0.1) is 5.82 Å². The average Bonchev–Trinajstić information content (AvgIpc) is 2.37. The Labute approximate surface area is 113 Å². The maximum Gasteiger partial charge on any atom is 0.161 e. The lowest BCUT2D eigenvalue weighted by Crippen LogP contribution is -2.10. The minimum Gasteiger partial charge on any atom is -0.308 e. The number of nitrogens with one attached hydrogen (secondary N) is 1. The van der Waals surface area contributed by atoms with Gasteiger partial charge >= 0.3 is 0 Å². The minimum absolute atomic E-state index is 0.341. The normalized spacial score (nSPS) is 10.4. The highest BCUT2D eigenvalue weighted by Crippen LogP contribution is 2.23. The number of aromatic nitrogens is 2. The summed E-state index contributed by atoms with van der Waals surface area (Å²) < 4.78 is 14.0. The van der Waals surface area contributed by atoms with Gasteiger partial charge in [-0.15, -0.1) is 0 Å². The van der Waals surface area contributed by atoms with Crippen LogP contribution in [0.2, 0.25) is 0 Å². The molecule has 0 aliphatic carbocycles. The molecule has 3 N–H and O–H groups in total. The second-order valence-corrected chi connectivity index (χ2v) is 4.64. The predicted molar refractivity (Wildman–Crippen MR) is 72.3 cm³/mol. The molecule has 4 nitrogen and oxygen atoms in total. The molecular weight excluding hydrogens is 299 g/mol. The lowest BCUT2D eigenvalue weighted by Gasteiger charge is -2.07. The third-order valence-electron chi connectivity index (χ3n) is 2.41. The summed E-state index contributed by atoms with van der Waals surface area (Å²) in [6, 6.07) is 6.30. The zero-order valence-corrected chi connectivity index (χ0v) is 11.3. The average molecular weight is 311 g/mol. The molecule has 2 rings (SSSR count). The van der Waals surface area contributed by atoms with Crippen LogP contribution in [0.1, 0.15) is 12.6 Å². The second-order valence-electron chi connectivity index (χ2n) is 3.72. The molecule has 1 aromatic heterocycles. The molecule has 1 heterocycles. The minimum atomic E-state index is -0.341. The van der Waals surface area contributed by atoms with E-state index in [9.17, 15) is 4.39 Å². The van der Waals surface area contributed by atoms with Gasteiger partial charge in [0, 0.05) is 21.8 Å². The fraction of sp³-hybridized carbons (Fsp3) is 0.167. The van der Waals surface area contributed by atoms with E-state index < -0.39 is 0 Å². The van der Waals surface area contributed by atoms with Crippen molar-refractivity contribution in [3.63, 3.8) is 0 Å². The molecule has 0 aliphatic rings. The van der Waals surface area contributed by atoms with Gasteiger partial charge in [0.1, 0.15) is 11.6 Å². The van der Waals surface area contributed by atoms with Crippen molar-refractivity contribution in [2.75, 3.05) is 5.43 Å². The van der Waals surface area contributed by atoms with E-state index in [0.29, 0.717) is 21.7 Å². The highest BCUT2D eigenvalue weighted by Gasteiger charge is 2.08. The molecule has 0 fully saturated rings. The summed E-state index contributed by atoms with van der Waals surface area (Å²) >= 11 is 3.25. The van der Waals surface area contributed by atoms with E-state index in [4.69, 9.17) is 5.84 Å². The lowest BCUT2D eigenvalue weighted by molar-refractivity contribution is 0.627. The van der Waals surface area contributed by atoms with Crippen LogP contribution < -0.4 is 11.3 Å². The smallest absolute Gasteiger partial charge is 0.161 e. The van der Waals surface area contributed by atoms with Gasteiger partial charge in [0.05, 0.1) is 0 Å². The van der Waals surface area contributed by atoms with Gasteiger partial charge in [0.25, 0.3) is 0 Å². The summed E-state index contributed by atoms with van der Waals surface area (Å²) in [6.07, 6.45) is 0.751. The van der Waals surface area contributed by atoms with Crippen molar-refractivity contribution in [2.45, 2.75) is 13.3 Å². The number of hydrazine groups is 1. The topological polar surface area (TPSA) is 63.8 Å². The number of hydrogen-bond acceptors (Lipinski definition) is 4. The SMILES string of the molecule is CCc1cc(NN)nc(-c2cc(F)cc(Br)c2)n1. The number of rotatable bonds is 3. The molecule has 0 radical (unpaired) electrons. The van der Waals surface area contributed by atoms with Crippen molar-refractivity contribution >= 4 is 21.7 Å². The van der Waals surface area contributed by atoms with Gasteiger partial charge in [-0.25, -0.2) is 20.2 Å². The fourth-order valence-corrected chi connectivity index (χ4v) is 2.03. The van der Waals surface area contributed by atoms with Crippen molar-refractivity contribution in [1.29, 1.82) is 0 Å². The van der Waals surface area contributed by atoms with Crippen LogP contribution in [-0.4, -0.2) is 9.97 Å². The van der Waals surface area contributed by atoms with Gasteiger partial charge in [-0.2, -0.15) is 0 Å². The first kappa shape index (κ1) is 12.9. The van der Waals surface area contributed by atoms with Gasteiger partial charge in [0.2, 0.25) is 0 Å². The van der Waals surface area contributed by atoms with E-state index in [-0.39, 0.29) is 5.82 Å². The number of nitrogens with zero attached hydrogens (tertiary/aromatic N) is 2. The molecule has 0 bridgehead atoms. The van der Waals surface area contributed by atoms with E-state index in [2.05, 4.69) is 31.3 Å². The molecule has 94 valence electrons. The summed E-state index contributed by atoms with van der Waals surface area (Å²) in [5.41, 5.74) is 3.93. The Morgan fingerprint density at radius 1 is 1.28 bits per heavy atom. The van der Waals surface area contributed by atoms with Crippen LogP contribution in [0.25, 0.3) is 11.4 Å². The van der Waals surface area contributed by atoms with Gasteiger partial charge < -0.3 is 5.43 Å². The van der Waals surface area contributed by atoms with E-state index in [0.717, 1.165) is 12.1 Å². The summed E-state index contributed by atoms with van der Waals surface area (Å²) in [5.74, 6) is 5.97. The third-order valence-corrected chi connectivity index (χ3v) is 2.87. The van der Waals surface area contributed by atoms with Crippen LogP contribution in [-0.2, 0) is 6.42 Å². The monoisotopic (exact) mass is 310 g/mol. The predicted octanol–water partition coefficient (Wildman–Crippen LogP) is 2.89. The Hall–Kier alpha value is -1.53. The maximum absolute atomic E-state index is 13.4. The molecule has 2 aromatic rings. The maximum atomic E-state index is 13.4. The number of anilines is 1. The van der Waals surface area contributed by atoms with Crippen LogP contribution in [0.3, 0.4) is 0 Å². The number of benzene rings is 1. The quantitative estimate of drug-likeness (QED) is 0.676. The zero-order valence-electron chi connectivity index (χ0n) is 9.74. The molecule has 0 unspecified atom stereocenters. The van der Waals surface area contributed by atoms with Crippen molar-refractivity contribution in [3.8, 4) is 11.4 Å². The first-order chi connectivity index (χ1) is 8.62. The molecule has 18 heavy (non-hydrogen) atoms. The largest absolute Gasteiger partial charge is 0.308 e. The number of aryl methyl sites for hydroxylation is 1. The van der Waals surface area contributed by atoms with Gasteiger partial charge in [-0.3, -0.25) is 0 Å². The third kappa shape index (κ3) is 2.83. The molecule has 0 spiro atoms. The first-order valence-electron chi connectivity index (χ1n) is 5.43. The highest BCUT2D eigenvalue weighted by molar-refractivity contribution is 9.10. The summed E-state index contributed by atoms with van der Waals surface area (Å²) in [5, 5.41) is 0.